The molecule has 0 aliphatic carbocycles. The second-order valence-electron chi connectivity index (χ2n) is 6.31. The van der Waals surface area contributed by atoms with Crippen LogP contribution in [0.2, 0.25) is 0 Å². The number of nitrogens with zero attached hydrogens (tertiary/aromatic N) is 4. The van der Waals surface area contributed by atoms with E-state index in [1.165, 1.54) is 0 Å². The molecule has 1 aromatic carbocycles. The third kappa shape index (κ3) is 4.64. The summed E-state index contributed by atoms with van der Waals surface area (Å²) in [6, 6.07) is 7.50. The van der Waals surface area contributed by atoms with E-state index in [1.54, 1.807) is 12.1 Å². The smallest absolute Gasteiger partial charge is 0.315 e. The number of hydrogen-bond donors (Lipinski definition) is 0. The highest BCUT2D eigenvalue weighted by Gasteiger charge is 2.18. The zero-order chi connectivity index (χ0) is 19.4. The number of rotatable bonds is 7. The van der Waals surface area contributed by atoms with Gasteiger partial charge >= 0.3 is 6.43 Å². The molecular formula is C19H20F2N4O2. The Morgan fingerprint density at radius 1 is 1.07 bits per heavy atom. The molecule has 3 rings (SSSR count). The normalized spacial score (nSPS) is 11.2. The van der Waals surface area contributed by atoms with Gasteiger partial charge in [-0.05, 0) is 69.0 Å². The summed E-state index contributed by atoms with van der Waals surface area (Å²) >= 11 is 0. The highest BCUT2D eigenvalue weighted by atomic mass is 19.3. The lowest BCUT2D eigenvalue weighted by molar-refractivity contribution is 0.106. The molecule has 0 atom stereocenters. The van der Waals surface area contributed by atoms with E-state index in [4.69, 9.17) is 4.74 Å². The molecule has 0 spiro atoms. The van der Waals surface area contributed by atoms with E-state index in [2.05, 4.69) is 24.9 Å². The lowest BCUT2D eigenvalue weighted by Gasteiger charge is -2.13. The molecule has 0 N–H and O–H groups in total. The molecule has 0 aliphatic heterocycles. The van der Waals surface area contributed by atoms with Gasteiger partial charge in [0, 0.05) is 5.56 Å². The summed E-state index contributed by atoms with van der Waals surface area (Å²) in [4.78, 5) is 3.73. The molecule has 0 saturated heterocycles. The maximum absolute atomic E-state index is 12.6. The summed E-state index contributed by atoms with van der Waals surface area (Å²) in [7, 11) is 0. The van der Waals surface area contributed by atoms with Gasteiger partial charge in [-0.25, -0.2) is 0 Å². The molecule has 0 saturated carbocycles. The minimum absolute atomic E-state index is 0.140. The molecule has 27 heavy (non-hydrogen) atoms. The van der Waals surface area contributed by atoms with Gasteiger partial charge in [0.05, 0.1) is 18.0 Å². The predicted octanol–water partition coefficient (Wildman–Crippen LogP) is 4.40. The maximum atomic E-state index is 12.6. The number of benzene rings is 1. The average Bonchev–Trinajstić information content (AvgIpc) is 3.12. The second-order valence-corrected chi connectivity index (χ2v) is 6.31. The Morgan fingerprint density at radius 2 is 1.81 bits per heavy atom. The average molecular weight is 374 g/mol. The highest BCUT2D eigenvalue weighted by molar-refractivity contribution is 5.61. The Morgan fingerprint density at radius 3 is 2.41 bits per heavy atom. The van der Waals surface area contributed by atoms with E-state index in [0.717, 1.165) is 41.1 Å². The molecule has 142 valence electrons. The van der Waals surface area contributed by atoms with E-state index in [-0.39, 0.29) is 5.82 Å². The number of aryl methyl sites for hydroxylation is 4. The van der Waals surface area contributed by atoms with Crippen LogP contribution in [0.3, 0.4) is 0 Å². The van der Waals surface area contributed by atoms with Crippen molar-refractivity contribution >= 4 is 0 Å². The molecule has 0 radical (unpaired) electrons. The molecule has 3 aromatic rings. The first-order valence-corrected chi connectivity index (χ1v) is 8.59. The van der Waals surface area contributed by atoms with Crippen molar-refractivity contribution in [3.05, 3.63) is 52.7 Å². The van der Waals surface area contributed by atoms with Gasteiger partial charge < -0.3 is 9.26 Å². The molecule has 0 unspecified atom stereocenters. The fraction of sp³-hybridized carbons (Fsp3) is 0.368. The zero-order valence-electron chi connectivity index (χ0n) is 15.4. The molecule has 2 aromatic heterocycles. The standard InChI is InChI=1S/C19H20F2N4O2/c1-11-9-14(18-22-19(17(20)21)27-25-18)10-12(2)16(11)26-8-4-5-15-7-6-13(3)23-24-15/h6-7,9-10,17H,4-5,8H2,1-3H3. The van der Waals surface area contributed by atoms with Gasteiger partial charge in [-0.2, -0.15) is 24.0 Å². The van der Waals surface area contributed by atoms with Crippen LogP contribution in [0.25, 0.3) is 11.4 Å². The van der Waals surface area contributed by atoms with Crippen LogP contribution in [-0.2, 0) is 6.42 Å². The van der Waals surface area contributed by atoms with Crippen LogP contribution in [0.4, 0.5) is 8.78 Å². The number of halogens is 2. The van der Waals surface area contributed by atoms with E-state index in [0.29, 0.717) is 12.2 Å². The van der Waals surface area contributed by atoms with Crippen molar-refractivity contribution in [3.8, 4) is 17.1 Å². The van der Waals surface area contributed by atoms with Crippen molar-refractivity contribution in [2.75, 3.05) is 6.61 Å². The van der Waals surface area contributed by atoms with Crippen molar-refractivity contribution in [2.24, 2.45) is 0 Å². The van der Waals surface area contributed by atoms with E-state index < -0.39 is 12.3 Å². The van der Waals surface area contributed by atoms with Crippen molar-refractivity contribution in [3.63, 3.8) is 0 Å². The van der Waals surface area contributed by atoms with Gasteiger partial charge in [-0.3, -0.25) is 0 Å². The Hall–Kier alpha value is -2.90. The minimum Gasteiger partial charge on any atom is -0.493 e. The Labute approximate surface area is 155 Å². The van der Waals surface area contributed by atoms with Crippen LogP contribution in [-0.4, -0.2) is 26.9 Å². The summed E-state index contributed by atoms with van der Waals surface area (Å²) < 4.78 is 35.7. The zero-order valence-corrected chi connectivity index (χ0v) is 15.4. The highest BCUT2D eigenvalue weighted by Crippen LogP contribution is 2.30. The quantitative estimate of drug-likeness (QED) is 0.571. The van der Waals surface area contributed by atoms with Crippen LogP contribution in [0, 0.1) is 20.8 Å². The van der Waals surface area contributed by atoms with Crippen LogP contribution in [0.15, 0.2) is 28.8 Å². The summed E-state index contributed by atoms with van der Waals surface area (Å²) in [5.74, 6) is 0.229. The lowest BCUT2D eigenvalue weighted by Crippen LogP contribution is -2.04. The number of ether oxygens (including phenoxy) is 1. The Balaban J connectivity index is 1.63. The first-order valence-electron chi connectivity index (χ1n) is 8.59. The Kier molecular flexibility index (Phi) is 5.73. The minimum atomic E-state index is -2.78. The fourth-order valence-electron chi connectivity index (χ4n) is 2.74. The first kappa shape index (κ1) is 18.9. The van der Waals surface area contributed by atoms with Crippen molar-refractivity contribution in [1.29, 1.82) is 0 Å². The van der Waals surface area contributed by atoms with Crippen LogP contribution < -0.4 is 4.74 Å². The van der Waals surface area contributed by atoms with Crippen molar-refractivity contribution < 1.29 is 18.0 Å². The van der Waals surface area contributed by atoms with Crippen LogP contribution in [0.1, 0.15) is 41.3 Å². The van der Waals surface area contributed by atoms with E-state index in [1.807, 2.05) is 32.9 Å². The van der Waals surface area contributed by atoms with Gasteiger partial charge in [0.2, 0.25) is 5.82 Å². The molecule has 0 bridgehead atoms. The van der Waals surface area contributed by atoms with E-state index in [9.17, 15) is 8.78 Å². The summed E-state index contributed by atoms with van der Waals surface area (Å²) in [6.45, 7) is 6.23. The summed E-state index contributed by atoms with van der Waals surface area (Å²) in [5.41, 5.74) is 4.19. The largest absolute Gasteiger partial charge is 0.493 e. The number of alkyl halides is 2. The second kappa shape index (κ2) is 8.20. The predicted molar refractivity (Wildman–Crippen MR) is 94.8 cm³/mol. The van der Waals surface area contributed by atoms with Crippen LogP contribution in [0.5, 0.6) is 5.75 Å². The van der Waals surface area contributed by atoms with Crippen LogP contribution >= 0.6 is 0 Å². The molecule has 8 heteroatoms. The van der Waals surface area contributed by atoms with Gasteiger partial charge in [0.25, 0.3) is 5.89 Å². The third-order valence-electron chi connectivity index (χ3n) is 4.02. The monoisotopic (exact) mass is 374 g/mol. The molecule has 0 amide bonds. The fourth-order valence-corrected chi connectivity index (χ4v) is 2.74. The molecule has 0 fully saturated rings. The van der Waals surface area contributed by atoms with Gasteiger partial charge in [-0.15, -0.1) is 0 Å². The first-order chi connectivity index (χ1) is 12.9. The molecule has 0 aliphatic rings. The number of aromatic nitrogens is 4. The van der Waals surface area contributed by atoms with Crippen molar-refractivity contribution in [1.82, 2.24) is 20.3 Å². The van der Waals surface area contributed by atoms with Gasteiger partial charge in [-0.1, -0.05) is 5.16 Å². The third-order valence-corrected chi connectivity index (χ3v) is 4.02. The number of hydrogen-bond acceptors (Lipinski definition) is 6. The molecule has 2 heterocycles. The lowest BCUT2D eigenvalue weighted by atomic mass is 10.1. The molecule has 6 nitrogen and oxygen atoms in total. The SMILES string of the molecule is Cc1ccc(CCCOc2c(C)cc(-c3noc(C(F)F)n3)cc2C)nn1. The summed E-state index contributed by atoms with van der Waals surface area (Å²) in [6.07, 6.45) is -1.20. The van der Waals surface area contributed by atoms with Gasteiger partial charge in [0.15, 0.2) is 0 Å². The van der Waals surface area contributed by atoms with Gasteiger partial charge in [0.1, 0.15) is 5.75 Å². The summed E-state index contributed by atoms with van der Waals surface area (Å²) in [5, 5.41) is 11.8. The Bertz CT molecular complexity index is 887. The van der Waals surface area contributed by atoms with E-state index >= 15 is 0 Å². The topological polar surface area (TPSA) is 73.9 Å². The maximum Gasteiger partial charge on any atom is 0.315 e. The van der Waals surface area contributed by atoms with Crippen molar-refractivity contribution in [2.45, 2.75) is 40.0 Å². The molecular weight excluding hydrogens is 354 g/mol.